The van der Waals surface area contributed by atoms with Crippen molar-refractivity contribution in [1.29, 1.82) is 0 Å². The minimum absolute atomic E-state index is 0.349. The standard InChI is InChI=1S/C14H17N3O2S2/c1-16-8-9-17(13-5-3-2-4-12(13)16)21(18,19)14-7-6-11(10-15)20-14/h2-7H,8-10,15H2,1H3. The van der Waals surface area contributed by atoms with Crippen LogP contribution in [0.3, 0.4) is 0 Å². The molecule has 2 heterocycles. The van der Waals surface area contributed by atoms with Crippen LogP contribution in [0.15, 0.2) is 40.6 Å². The number of benzene rings is 1. The molecule has 0 fully saturated rings. The first-order valence-corrected chi connectivity index (χ1v) is 8.91. The summed E-state index contributed by atoms with van der Waals surface area (Å²) in [6.07, 6.45) is 0. The van der Waals surface area contributed by atoms with Gasteiger partial charge in [0, 0.05) is 25.0 Å². The van der Waals surface area contributed by atoms with Gasteiger partial charge >= 0.3 is 0 Å². The molecule has 1 aliphatic heterocycles. The van der Waals surface area contributed by atoms with Crippen molar-refractivity contribution in [3.63, 3.8) is 0 Å². The minimum atomic E-state index is -3.52. The van der Waals surface area contributed by atoms with Crippen LogP contribution in [0.1, 0.15) is 4.88 Å². The van der Waals surface area contributed by atoms with Gasteiger partial charge in [0.15, 0.2) is 0 Å². The molecule has 2 N–H and O–H groups in total. The number of hydrogen-bond acceptors (Lipinski definition) is 5. The van der Waals surface area contributed by atoms with Gasteiger partial charge in [-0.15, -0.1) is 11.3 Å². The van der Waals surface area contributed by atoms with Gasteiger partial charge in [0.05, 0.1) is 17.9 Å². The van der Waals surface area contributed by atoms with E-state index in [9.17, 15) is 8.42 Å². The van der Waals surface area contributed by atoms with Crippen molar-refractivity contribution in [2.45, 2.75) is 10.8 Å². The Morgan fingerprint density at radius 1 is 1.14 bits per heavy atom. The molecule has 1 aromatic carbocycles. The molecule has 0 saturated heterocycles. The van der Waals surface area contributed by atoms with Crippen molar-refractivity contribution >= 4 is 32.7 Å². The average molecular weight is 323 g/mol. The molecule has 0 amide bonds. The number of para-hydroxylation sites is 2. The number of thiophene rings is 1. The third-order valence-corrected chi connectivity index (χ3v) is 6.97. The first-order chi connectivity index (χ1) is 10.0. The zero-order chi connectivity index (χ0) is 15.0. The zero-order valence-electron chi connectivity index (χ0n) is 11.7. The molecule has 0 radical (unpaired) electrons. The Morgan fingerprint density at radius 3 is 2.52 bits per heavy atom. The molecule has 1 aromatic heterocycles. The van der Waals surface area contributed by atoms with Crippen molar-refractivity contribution in [2.24, 2.45) is 5.73 Å². The molecule has 0 saturated carbocycles. The van der Waals surface area contributed by atoms with Gasteiger partial charge in [0.2, 0.25) is 0 Å². The van der Waals surface area contributed by atoms with Gasteiger partial charge < -0.3 is 10.6 Å². The predicted octanol–water partition coefficient (Wildman–Crippen LogP) is 1.85. The molecule has 7 heteroatoms. The summed E-state index contributed by atoms with van der Waals surface area (Å²) in [7, 11) is -1.55. The van der Waals surface area contributed by atoms with Crippen molar-refractivity contribution in [3.05, 3.63) is 41.3 Å². The van der Waals surface area contributed by atoms with E-state index in [4.69, 9.17) is 5.73 Å². The van der Waals surface area contributed by atoms with Crippen LogP contribution in [-0.2, 0) is 16.6 Å². The van der Waals surface area contributed by atoms with Gasteiger partial charge in [-0.3, -0.25) is 4.31 Å². The maximum absolute atomic E-state index is 12.9. The maximum atomic E-state index is 12.9. The van der Waals surface area contributed by atoms with Crippen molar-refractivity contribution in [1.82, 2.24) is 0 Å². The SMILES string of the molecule is CN1CCN(S(=O)(=O)c2ccc(CN)s2)c2ccccc21. The maximum Gasteiger partial charge on any atom is 0.273 e. The van der Waals surface area contributed by atoms with Crippen LogP contribution >= 0.6 is 11.3 Å². The lowest BCUT2D eigenvalue weighted by molar-refractivity contribution is 0.591. The number of fused-ring (bicyclic) bond motifs is 1. The minimum Gasteiger partial charge on any atom is -0.371 e. The van der Waals surface area contributed by atoms with Crippen LogP contribution in [-0.4, -0.2) is 28.6 Å². The summed E-state index contributed by atoms with van der Waals surface area (Å²) in [4.78, 5) is 2.94. The summed E-state index contributed by atoms with van der Waals surface area (Å²) in [5.74, 6) is 0. The summed E-state index contributed by atoms with van der Waals surface area (Å²) in [5.41, 5.74) is 7.24. The Morgan fingerprint density at radius 2 is 1.86 bits per heavy atom. The highest BCUT2D eigenvalue weighted by atomic mass is 32.2. The molecule has 1 aliphatic rings. The van der Waals surface area contributed by atoms with E-state index in [0.717, 1.165) is 16.3 Å². The molecule has 0 spiro atoms. The van der Waals surface area contributed by atoms with Crippen LogP contribution < -0.4 is 14.9 Å². The molecule has 112 valence electrons. The fourth-order valence-corrected chi connectivity index (χ4v) is 5.26. The quantitative estimate of drug-likeness (QED) is 0.936. The molecule has 0 atom stereocenters. The fourth-order valence-electron chi connectivity index (χ4n) is 2.44. The van der Waals surface area contributed by atoms with E-state index < -0.39 is 10.0 Å². The van der Waals surface area contributed by atoms with Crippen molar-refractivity contribution < 1.29 is 8.42 Å². The van der Waals surface area contributed by atoms with Gasteiger partial charge in [-0.2, -0.15) is 0 Å². The number of likely N-dealkylation sites (N-methyl/N-ethyl adjacent to an activating group) is 1. The second kappa shape index (κ2) is 5.32. The van der Waals surface area contributed by atoms with Gasteiger partial charge in [-0.05, 0) is 24.3 Å². The number of rotatable bonds is 3. The normalized spacial score (nSPS) is 15.1. The van der Waals surface area contributed by atoms with Gasteiger partial charge in [-0.1, -0.05) is 12.1 Å². The summed E-state index contributed by atoms with van der Waals surface area (Å²) in [5, 5.41) is 0. The first-order valence-electron chi connectivity index (χ1n) is 6.65. The van der Waals surface area contributed by atoms with E-state index in [0.29, 0.717) is 23.8 Å². The van der Waals surface area contributed by atoms with Crippen LogP contribution in [0.25, 0.3) is 0 Å². The van der Waals surface area contributed by atoms with E-state index in [-0.39, 0.29) is 0 Å². The Hall–Kier alpha value is -1.57. The molecule has 5 nitrogen and oxygen atoms in total. The number of nitrogens with zero attached hydrogens (tertiary/aromatic N) is 2. The Bertz CT molecular complexity index is 755. The number of anilines is 2. The van der Waals surface area contributed by atoms with E-state index in [1.807, 2.05) is 31.3 Å². The van der Waals surface area contributed by atoms with E-state index in [1.165, 1.54) is 15.6 Å². The second-order valence-corrected chi connectivity index (χ2v) is 8.17. The second-order valence-electron chi connectivity index (χ2n) is 4.91. The smallest absolute Gasteiger partial charge is 0.273 e. The highest BCUT2D eigenvalue weighted by Gasteiger charge is 2.31. The topological polar surface area (TPSA) is 66.6 Å². The predicted molar refractivity (Wildman–Crippen MR) is 86.5 cm³/mol. The van der Waals surface area contributed by atoms with Gasteiger partial charge in [0.1, 0.15) is 4.21 Å². The lowest BCUT2D eigenvalue weighted by atomic mass is 10.2. The van der Waals surface area contributed by atoms with Crippen molar-refractivity contribution in [3.8, 4) is 0 Å². The summed E-state index contributed by atoms with van der Waals surface area (Å²) >= 11 is 1.24. The third kappa shape index (κ3) is 2.41. The lowest BCUT2D eigenvalue weighted by Crippen LogP contribution is -2.42. The monoisotopic (exact) mass is 323 g/mol. The molecular formula is C14H17N3O2S2. The van der Waals surface area contributed by atoms with E-state index >= 15 is 0 Å². The summed E-state index contributed by atoms with van der Waals surface area (Å²) < 4.78 is 27.6. The first kappa shape index (κ1) is 14.4. The highest BCUT2D eigenvalue weighted by molar-refractivity contribution is 7.94. The number of sulfonamides is 1. The molecular weight excluding hydrogens is 306 g/mol. The Labute approximate surface area is 128 Å². The molecule has 0 aliphatic carbocycles. The van der Waals surface area contributed by atoms with E-state index in [1.54, 1.807) is 12.1 Å². The zero-order valence-corrected chi connectivity index (χ0v) is 13.3. The molecule has 0 unspecified atom stereocenters. The molecule has 21 heavy (non-hydrogen) atoms. The molecule has 3 rings (SSSR count). The average Bonchev–Trinajstić information content (AvgIpc) is 2.97. The van der Waals surface area contributed by atoms with Crippen LogP contribution in [0.2, 0.25) is 0 Å². The number of hydrogen-bond donors (Lipinski definition) is 1. The van der Waals surface area contributed by atoms with Gasteiger partial charge in [-0.25, -0.2) is 8.42 Å². The molecule has 0 bridgehead atoms. The fraction of sp³-hybridized carbons (Fsp3) is 0.286. The summed E-state index contributed by atoms with van der Waals surface area (Å²) in [6.45, 7) is 1.48. The summed E-state index contributed by atoms with van der Waals surface area (Å²) in [6, 6.07) is 11.0. The van der Waals surface area contributed by atoms with E-state index in [2.05, 4.69) is 4.90 Å². The highest BCUT2D eigenvalue weighted by Crippen LogP contribution is 2.36. The van der Waals surface area contributed by atoms with Crippen LogP contribution in [0, 0.1) is 0 Å². The Kier molecular flexibility index (Phi) is 3.64. The Balaban J connectivity index is 2.06. The third-order valence-electron chi connectivity index (χ3n) is 3.58. The van der Waals surface area contributed by atoms with Crippen LogP contribution in [0.5, 0.6) is 0 Å². The largest absolute Gasteiger partial charge is 0.371 e. The molecule has 2 aromatic rings. The van der Waals surface area contributed by atoms with Crippen LogP contribution in [0.4, 0.5) is 11.4 Å². The van der Waals surface area contributed by atoms with Crippen molar-refractivity contribution in [2.75, 3.05) is 29.3 Å². The number of nitrogens with two attached hydrogens (primary N) is 1. The lowest BCUT2D eigenvalue weighted by Gasteiger charge is -2.35. The van der Waals surface area contributed by atoms with Gasteiger partial charge in [0.25, 0.3) is 10.0 Å².